The lowest BCUT2D eigenvalue weighted by Gasteiger charge is -2.20. The largest absolute Gasteiger partial charge is 0.447 e. The lowest BCUT2D eigenvalue weighted by Crippen LogP contribution is -2.40. The molecule has 1 aliphatic heterocycles. The molecule has 1 aromatic carbocycles. The third kappa shape index (κ3) is 6.80. The second-order valence-electron chi connectivity index (χ2n) is 8.71. The molecule has 2 heterocycles. The fraction of sp³-hybridized carbons (Fsp3) is 0.417. The molecule has 3 amide bonds. The van der Waals surface area contributed by atoms with Crippen LogP contribution in [-0.4, -0.2) is 46.2 Å². The fourth-order valence-corrected chi connectivity index (χ4v) is 3.47. The topological polar surface area (TPSA) is 97.8 Å². The average molecular weight is 440 g/mol. The van der Waals surface area contributed by atoms with Crippen LogP contribution in [0.15, 0.2) is 48.7 Å². The van der Waals surface area contributed by atoms with Crippen molar-refractivity contribution in [2.24, 2.45) is 0 Å². The number of nitrogens with zero attached hydrogens (tertiary/aromatic N) is 2. The standard InChI is InChI=1S/C24H29N3O5/c1-24(2,3)32-22(29)26-20-15-18(12-13-25-20)10-7-11-21(28)27-19(16-31-23(27)30)14-17-8-5-4-6-9-17/h4-6,8-9,12-13,15,19H,7,10-11,14,16H2,1-3H3,(H,25,26,29). The van der Waals surface area contributed by atoms with Gasteiger partial charge in [-0.15, -0.1) is 0 Å². The van der Waals surface area contributed by atoms with Crippen molar-refractivity contribution in [2.45, 2.75) is 58.1 Å². The number of pyridine rings is 1. The van der Waals surface area contributed by atoms with Gasteiger partial charge in [0.1, 0.15) is 18.0 Å². The maximum atomic E-state index is 12.7. The first-order valence-electron chi connectivity index (χ1n) is 10.7. The van der Waals surface area contributed by atoms with Crippen LogP contribution in [0.1, 0.15) is 44.7 Å². The highest BCUT2D eigenvalue weighted by Crippen LogP contribution is 2.20. The molecule has 0 saturated carbocycles. The number of aromatic nitrogens is 1. The van der Waals surface area contributed by atoms with Crippen molar-refractivity contribution in [3.63, 3.8) is 0 Å². The van der Waals surface area contributed by atoms with Crippen LogP contribution in [0.2, 0.25) is 0 Å². The molecule has 0 spiro atoms. The number of ether oxygens (including phenoxy) is 2. The Labute approximate surface area is 187 Å². The Bertz CT molecular complexity index is 956. The maximum absolute atomic E-state index is 12.7. The van der Waals surface area contributed by atoms with Gasteiger partial charge in [0.2, 0.25) is 5.91 Å². The minimum atomic E-state index is -0.600. The van der Waals surface area contributed by atoms with Crippen molar-refractivity contribution in [1.29, 1.82) is 0 Å². The van der Waals surface area contributed by atoms with Gasteiger partial charge in [-0.1, -0.05) is 30.3 Å². The summed E-state index contributed by atoms with van der Waals surface area (Å²) in [5.41, 5.74) is 1.37. The lowest BCUT2D eigenvalue weighted by molar-refractivity contribution is -0.129. The van der Waals surface area contributed by atoms with E-state index < -0.39 is 17.8 Å². The number of imide groups is 1. The molecule has 1 saturated heterocycles. The molecule has 8 nitrogen and oxygen atoms in total. The van der Waals surface area contributed by atoms with Gasteiger partial charge in [-0.05, 0) is 63.3 Å². The van der Waals surface area contributed by atoms with Gasteiger partial charge in [-0.3, -0.25) is 10.1 Å². The summed E-state index contributed by atoms with van der Waals surface area (Å²) in [6.07, 6.45) is 2.38. The molecule has 2 aromatic rings. The molecule has 1 N–H and O–H groups in total. The predicted molar refractivity (Wildman–Crippen MR) is 119 cm³/mol. The number of amides is 3. The molecule has 8 heteroatoms. The Hall–Kier alpha value is -3.42. The van der Waals surface area contributed by atoms with E-state index in [1.807, 2.05) is 36.4 Å². The summed E-state index contributed by atoms with van der Waals surface area (Å²) in [7, 11) is 0. The van der Waals surface area contributed by atoms with Crippen LogP contribution in [0, 0.1) is 0 Å². The summed E-state index contributed by atoms with van der Waals surface area (Å²) >= 11 is 0. The Morgan fingerprint density at radius 3 is 2.66 bits per heavy atom. The number of anilines is 1. The van der Waals surface area contributed by atoms with Crippen molar-refractivity contribution in [1.82, 2.24) is 9.88 Å². The quantitative estimate of drug-likeness (QED) is 0.689. The van der Waals surface area contributed by atoms with E-state index in [1.165, 1.54) is 4.90 Å². The van der Waals surface area contributed by atoms with Gasteiger partial charge in [0, 0.05) is 12.6 Å². The van der Waals surface area contributed by atoms with Crippen molar-refractivity contribution in [2.75, 3.05) is 11.9 Å². The molecule has 0 bridgehead atoms. The van der Waals surface area contributed by atoms with Crippen LogP contribution in [-0.2, 0) is 27.1 Å². The van der Waals surface area contributed by atoms with Crippen LogP contribution in [0.25, 0.3) is 0 Å². The van der Waals surface area contributed by atoms with Gasteiger partial charge in [0.25, 0.3) is 0 Å². The molecule has 0 radical (unpaired) electrons. The highest BCUT2D eigenvalue weighted by Gasteiger charge is 2.37. The first-order chi connectivity index (χ1) is 15.2. The average Bonchev–Trinajstić information content (AvgIpc) is 3.07. The molecule has 1 aliphatic rings. The summed E-state index contributed by atoms with van der Waals surface area (Å²) in [6.45, 7) is 5.57. The molecule has 3 rings (SSSR count). The number of carbonyl (C=O) groups excluding carboxylic acids is 3. The number of benzene rings is 1. The van der Waals surface area contributed by atoms with Gasteiger partial charge < -0.3 is 9.47 Å². The molecular weight excluding hydrogens is 410 g/mol. The molecule has 0 aliphatic carbocycles. The van der Waals surface area contributed by atoms with Crippen molar-refractivity contribution in [3.05, 3.63) is 59.8 Å². The second kappa shape index (κ2) is 10.3. The monoisotopic (exact) mass is 439 g/mol. The number of hydrogen-bond acceptors (Lipinski definition) is 6. The van der Waals surface area contributed by atoms with E-state index in [2.05, 4.69) is 10.3 Å². The van der Waals surface area contributed by atoms with Crippen LogP contribution < -0.4 is 5.32 Å². The summed E-state index contributed by atoms with van der Waals surface area (Å²) in [6, 6.07) is 13.0. The van der Waals surface area contributed by atoms with E-state index >= 15 is 0 Å². The zero-order valence-corrected chi connectivity index (χ0v) is 18.7. The molecule has 1 aromatic heterocycles. The second-order valence-corrected chi connectivity index (χ2v) is 8.71. The van der Waals surface area contributed by atoms with Crippen LogP contribution >= 0.6 is 0 Å². The molecule has 1 fully saturated rings. The van der Waals surface area contributed by atoms with Gasteiger partial charge in [0.05, 0.1) is 6.04 Å². The molecule has 1 atom stereocenters. The normalized spacial score (nSPS) is 15.9. The molecular formula is C24H29N3O5. The van der Waals surface area contributed by atoms with Crippen LogP contribution in [0.3, 0.4) is 0 Å². The Morgan fingerprint density at radius 1 is 1.19 bits per heavy atom. The number of nitrogens with one attached hydrogen (secondary N) is 1. The number of aryl methyl sites for hydroxylation is 1. The van der Waals surface area contributed by atoms with E-state index in [4.69, 9.17) is 9.47 Å². The Balaban J connectivity index is 1.51. The number of hydrogen-bond donors (Lipinski definition) is 1. The number of carbonyl (C=O) groups is 3. The zero-order valence-electron chi connectivity index (χ0n) is 18.7. The third-order valence-electron chi connectivity index (χ3n) is 4.85. The molecule has 32 heavy (non-hydrogen) atoms. The predicted octanol–water partition coefficient (Wildman–Crippen LogP) is 4.34. The summed E-state index contributed by atoms with van der Waals surface area (Å²) in [5, 5.41) is 2.61. The highest BCUT2D eigenvalue weighted by atomic mass is 16.6. The van der Waals surface area contributed by atoms with E-state index in [0.29, 0.717) is 25.1 Å². The molecule has 1 unspecified atom stereocenters. The van der Waals surface area contributed by atoms with Crippen molar-refractivity contribution >= 4 is 23.9 Å². The summed E-state index contributed by atoms with van der Waals surface area (Å²) in [5.74, 6) is 0.142. The van der Waals surface area contributed by atoms with Crippen LogP contribution in [0.4, 0.5) is 15.4 Å². The fourth-order valence-electron chi connectivity index (χ4n) is 3.47. The third-order valence-corrected chi connectivity index (χ3v) is 4.85. The van der Waals surface area contributed by atoms with E-state index in [-0.39, 0.29) is 25.0 Å². The summed E-state index contributed by atoms with van der Waals surface area (Å²) in [4.78, 5) is 42.1. The first-order valence-corrected chi connectivity index (χ1v) is 10.7. The van der Waals surface area contributed by atoms with E-state index in [9.17, 15) is 14.4 Å². The maximum Gasteiger partial charge on any atom is 0.416 e. The number of rotatable bonds is 7. The number of cyclic esters (lactones) is 1. The van der Waals surface area contributed by atoms with Gasteiger partial charge in [-0.2, -0.15) is 0 Å². The van der Waals surface area contributed by atoms with Gasteiger partial charge in [0.15, 0.2) is 0 Å². The van der Waals surface area contributed by atoms with Crippen molar-refractivity contribution < 1.29 is 23.9 Å². The lowest BCUT2D eigenvalue weighted by atomic mass is 10.0. The minimum Gasteiger partial charge on any atom is -0.447 e. The van der Waals surface area contributed by atoms with Gasteiger partial charge in [-0.25, -0.2) is 19.5 Å². The molecule has 170 valence electrons. The van der Waals surface area contributed by atoms with E-state index in [0.717, 1.165) is 11.1 Å². The SMILES string of the molecule is CC(C)(C)OC(=O)Nc1cc(CCCC(=O)N2C(=O)OCC2Cc2ccccc2)ccn1. The minimum absolute atomic E-state index is 0.212. The Kier molecular flexibility index (Phi) is 7.45. The van der Waals surface area contributed by atoms with Gasteiger partial charge >= 0.3 is 12.2 Å². The zero-order chi connectivity index (χ0) is 23.1. The van der Waals surface area contributed by atoms with E-state index in [1.54, 1.807) is 33.0 Å². The van der Waals surface area contributed by atoms with Crippen molar-refractivity contribution in [3.8, 4) is 0 Å². The smallest absolute Gasteiger partial charge is 0.416 e. The first kappa shape index (κ1) is 23.2. The Morgan fingerprint density at radius 2 is 1.94 bits per heavy atom. The highest BCUT2D eigenvalue weighted by molar-refractivity contribution is 5.93. The van der Waals surface area contributed by atoms with Crippen LogP contribution in [0.5, 0.6) is 0 Å². The summed E-state index contributed by atoms with van der Waals surface area (Å²) < 4.78 is 10.4.